The van der Waals surface area contributed by atoms with Gasteiger partial charge in [0.15, 0.2) is 0 Å². The lowest BCUT2D eigenvalue weighted by atomic mass is 10.1. The van der Waals surface area contributed by atoms with Crippen LogP contribution in [0.4, 0.5) is 5.82 Å². The summed E-state index contributed by atoms with van der Waals surface area (Å²) in [7, 11) is 1.83. The van der Waals surface area contributed by atoms with Crippen LogP contribution >= 0.6 is 15.9 Å². The van der Waals surface area contributed by atoms with E-state index in [2.05, 4.69) is 27.1 Å². The lowest BCUT2D eigenvalue weighted by Crippen LogP contribution is -1.97. The number of hydrogen-bond donors (Lipinski definition) is 1. The quantitative estimate of drug-likeness (QED) is 0.878. The summed E-state index contributed by atoms with van der Waals surface area (Å²) >= 11 is 3.48. The summed E-state index contributed by atoms with van der Waals surface area (Å²) in [6.45, 7) is 0.768. The number of ether oxygens (including phenoxy) is 1. The predicted octanol–water partition coefficient (Wildman–Crippen LogP) is 2.37. The molecule has 0 saturated heterocycles. The average Bonchev–Trinajstić information content (AvgIpc) is 2.89. The lowest BCUT2D eigenvalue weighted by molar-refractivity contribution is 0.357. The molecule has 0 amide bonds. The molecule has 0 aliphatic carbocycles. The molecule has 0 bridgehead atoms. The van der Waals surface area contributed by atoms with Gasteiger partial charge in [-0.05, 0) is 39.7 Å². The van der Waals surface area contributed by atoms with Gasteiger partial charge in [0.05, 0.1) is 11.1 Å². The van der Waals surface area contributed by atoms with Crippen molar-refractivity contribution in [3.05, 3.63) is 28.2 Å². The van der Waals surface area contributed by atoms with E-state index < -0.39 is 0 Å². The van der Waals surface area contributed by atoms with E-state index in [1.165, 1.54) is 5.56 Å². The van der Waals surface area contributed by atoms with Crippen molar-refractivity contribution in [3.8, 4) is 17.0 Å². The fourth-order valence-electron chi connectivity index (χ4n) is 2.03. The van der Waals surface area contributed by atoms with Crippen molar-refractivity contribution in [2.45, 2.75) is 6.42 Å². The minimum absolute atomic E-state index is 0.636. The van der Waals surface area contributed by atoms with E-state index in [-0.39, 0.29) is 0 Å². The van der Waals surface area contributed by atoms with Crippen molar-refractivity contribution >= 4 is 21.7 Å². The fraction of sp³-hybridized carbons (Fsp3) is 0.250. The van der Waals surface area contributed by atoms with Crippen LogP contribution in [-0.2, 0) is 13.5 Å². The highest BCUT2D eigenvalue weighted by atomic mass is 79.9. The Kier molecular flexibility index (Phi) is 2.36. The second-order valence-corrected chi connectivity index (χ2v) is 4.89. The van der Waals surface area contributed by atoms with Crippen molar-refractivity contribution in [3.63, 3.8) is 0 Å². The number of halogens is 1. The summed E-state index contributed by atoms with van der Waals surface area (Å²) in [6, 6.07) is 6.13. The van der Waals surface area contributed by atoms with Crippen LogP contribution < -0.4 is 10.5 Å². The number of rotatable bonds is 1. The number of anilines is 1. The zero-order chi connectivity index (χ0) is 12.0. The van der Waals surface area contributed by atoms with E-state index in [1.54, 1.807) is 4.68 Å². The molecule has 2 aromatic rings. The smallest absolute Gasteiger partial charge is 0.136 e. The van der Waals surface area contributed by atoms with E-state index >= 15 is 0 Å². The monoisotopic (exact) mass is 293 g/mol. The molecule has 1 aliphatic rings. The summed E-state index contributed by atoms with van der Waals surface area (Å²) in [5.74, 6) is 1.62. The van der Waals surface area contributed by atoms with Crippen LogP contribution in [0.15, 0.2) is 22.7 Å². The largest absolute Gasteiger partial charge is 0.493 e. The van der Waals surface area contributed by atoms with Crippen LogP contribution in [0.2, 0.25) is 0 Å². The third kappa shape index (κ3) is 1.61. The zero-order valence-corrected chi connectivity index (χ0v) is 11.0. The number of nitrogen functional groups attached to an aromatic ring is 1. The molecule has 3 rings (SSSR count). The Hall–Kier alpha value is -1.49. The lowest BCUT2D eigenvalue weighted by Gasteiger charge is -2.01. The Morgan fingerprint density at radius 1 is 1.47 bits per heavy atom. The second-order valence-electron chi connectivity index (χ2n) is 4.09. The first-order valence-electron chi connectivity index (χ1n) is 5.41. The maximum atomic E-state index is 5.88. The number of nitrogens with two attached hydrogens (primary N) is 1. The van der Waals surface area contributed by atoms with Crippen LogP contribution in [0.5, 0.6) is 5.75 Å². The zero-order valence-electron chi connectivity index (χ0n) is 9.40. The predicted molar refractivity (Wildman–Crippen MR) is 70.0 cm³/mol. The van der Waals surface area contributed by atoms with E-state index in [0.29, 0.717) is 5.82 Å². The molecular weight excluding hydrogens is 282 g/mol. The van der Waals surface area contributed by atoms with Gasteiger partial charge >= 0.3 is 0 Å². The van der Waals surface area contributed by atoms with E-state index in [4.69, 9.17) is 10.5 Å². The van der Waals surface area contributed by atoms with Crippen molar-refractivity contribution in [2.24, 2.45) is 7.05 Å². The molecule has 2 N–H and O–H groups in total. The number of nitrogens with zero attached hydrogens (tertiary/aromatic N) is 2. The maximum absolute atomic E-state index is 5.88. The molecule has 1 aliphatic heterocycles. The molecule has 88 valence electrons. The highest BCUT2D eigenvalue weighted by Gasteiger charge is 2.17. The van der Waals surface area contributed by atoms with Gasteiger partial charge < -0.3 is 10.5 Å². The van der Waals surface area contributed by atoms with Crippen molar-refractivity contribution in [2.75, 3.05) is 12.3 Å². The van der Waals surface area contributed by atoms with Gasteiger partial charge in [0.25, 0.3) is 0 Å². The summed E-state index contributed by atoms with van der Waals surface area (Å²) in [6.07, 6.45) is 0.961. The third-order valence-electron chi connectivity index (χ3n) is 2.99. The van der Waals surface area contributed by atoms with Gasteiger partial charge in [0.2, 0.25) is 0 Å². The third-order valence-corrected chi connectivity index (χ3v) is 3.78. The molecule has 2 heterocycles. The Balaban J connectivity index is 2.12. The molecule has 0 unspecified atom stereocenters. The van der Waals surface area contributed by atoms with Crippen LogP contribution in [0, 0.1) is 0 Å². The van der Waals surface area contributed by atoms with Crippen molar-refractivity contribution in [1.29, 1.82) is 0 Å². The molecule has 5 heteroatoms. The summed E-state index contributed by atoms with van der Waals surface area (Å²) < 4.78 is 8.00. The van der Waals surface area contributed by atoms with E-state index in [9.17, 15) is 0 Å². The van der Waals surface area contributed by atoms with Gasteiger partial charge in [-0.15, -0.1) is 0 Å². The van der Waals surface area contributed by atoms with Gasteiger partial charge in [0.1, 0.15) is 17.3 Å². The normalized spacial score (nSPS) is 13.5. The van der Waals surface area contributed by atoms with Crippen molar-refractivity contribution < 1.29 is 4.74 Å². The number of hydrogen-bond acceptors (Lipinski definition) is 3. The SMILES string of the molecule is Cn1nc(-c2ccc3c(c2)CCO3)c(Br)c1N. The summed E-state index contributed by atoms with van der Waals surface area (Å²) in [5, 5.41) is 4.41. The molecule has 0 radical (unpaired) electrons. The Morgan fingerprint density at radius 3 is 3.00 bits per heavy atom. The summed E-state index contributed by atoms with van der Waals surface area (Å²) in [5.41, 5.74) is 9.05. The molecule has 1 aromatic heterocycles. The van der Waals surface area contributed by atoms with Gasteiger partial charge in [-0.3, -0.25) is 4.68 Å². The Bertz CT molecular complexity index is 592. The molecule has 1 aromatic carbocycles. The van der Waals surface area contributed by atoms with Crippen LogP contribution in [0.1, 0.15) is 5.56 Å². The maximum Gasteiger partial charge on any atom is 0.136 e. The Labute approximate surface area is 108 Å². The minimum Gasteiger partial charge on any atom is -0.493 e. The molecule has 0 spiro atoms. The van der Waals surface area contributed by atoms with Gasteiger partial charge in [-0.25, -0.2) is 0 Å². The second kappa shape index (κ2) is 3.77. The molecule has 17 heavy (non-hydrogen) atoms. The van der Waals surface area contributed by atoms with Gasteiger partial charge in [0, 0.05) is 19.0 Å². The average molecular weight is 294 g/mol. The van der Waals surface area contributed by atoms with E-state index in [0.717, 1.165) is 34.5 Å². The first-order chi connectivity index (χ1) is 8.16. The fourth-order valence-corrected chi connectivity index (χ4v) is 2.59. The molecule has 0 atom stereocenters. The highest BCUT2D eigenvalue weighted by Crippen LogP contribution is 2.35. The molecule has 0 saturated carbocycles. The van der Waals surface area contributed by atoms with Gasteiger partial charge in [-0.2, -0.15) is 5.10 Å². The minimum atomic E-state index is 0.636. The number of fused-ring (bicyclic) bond motifs is 1. The first kappa shape index (κ1) is 10.7. The molecular formula is C12H12BrN3O. The Morgan fingerprint density at radius 2 is 2.29 bits per heavy atom. The van der Waals surface area contributed by atoms with Gasteiger partial charge in [-0.1, -0.05) is 0 Å². The molecule has 4 nitrogen and oxygen atoms in total. The summed E-state index contributed by atoms with van der Waals surface area (Å²) in [4.78, 5) is 0. The number of aromatic nitrogens is 2. The van der Waals surface area contributed by atoms with Crippen LogP contribution in [-0.4, -0.2) is 16.4 Å². The number of benzene rings is 1. The van der Waals surface area contributed by atoms with Crippen LogP contribution in [0.3, 0.4) is 0 Å². The van der Waals surface area contributed by atoms with E-state index in [1.807, 2.05) is 19.2 Å². The van der Waals surface area contributed by atoms with Crippen LogP contribution in [0.25, 0.3) is 11.3 Å². The number of aryl methyl sites for hydroxylation is 1. The van der Waals surface area contributed by atoms with Crippen molar-refractivity contribution in [1.82, 2.24) is 9.78 Å². The molecule has 0 fully saturated rings. The topological polar surface area (TPSA) is 53.1 Å². The highest BCUT2D eigenvalue weighted by molar-refractivity contribution is 9.10. The first-order valence-corrected chi connectivity index (χ1v) is 6.20. The standard InChI is InChI=1S/C12H12BrN3O/c1-16-12(14)10(13)11(15-16)8-2-3-9-7(6-8)4-5-17-9/h2-3,6H,4-5,14H2,1H3.